The van der Waals surface area contributed by atoms with Gasteiger partial charge in [-0.25, -0.2) is 0 Å². The summed E-state index contributed by atoms with van der Waals surface area (Å²) in [5.41, 5.74) is 0. The summed E-state index contributed by atoms with van der Waals surface area (Å²) >= 11 is 0. The van der Waals surface area contributed by atoms with E-state index in [2.05, 4.69) is 10.2 Å². The first-order chi connectivity index (χ1) is 8.81. The van der Waals surface area contributed by atoms with E-state index in [0.717, 1.165) is 6.54 Å². The normalized spacial score (nSPS) is 30.8. The fourth-order valence-corrected chi connectivity index (χ4v) is 2.90. The lowest BCUT2D eigenvalue weighted by atomic mass is 9.84. The van der Waals surface area contributed by atoms with Gasteiger partial charge in [-0.2, -0.15) is 0 Å². The van der Waals surface area contributed by atoms with Crippen molar-refractivity contribution in [3.8, 4) is 0 Å². The average molecular weight is 246 g/mol. The summed E-state index contributed by atoms with van der Waals surface area (Å²) in [5, 5.41) is 3.10. The fraction of sp³-hybridized carbons (Fsp3) is 0.500. The summed E-state index contributed by atoms with van der Waals surface area (Å²) in [5.74, 6) is 1.35. The third-order valence-electron chi connectivity index (χ3n) is 3.93. The number of hydrogen-bond acceptors (Lipinski definition) is 3. The second kappa shape index (κ2) is 4.98. The quantitative estimate of drug-likeness (QED) is 0.822. The molecule has 18 heavy (non-hydrogen) atoms. The Morgan fingerprint density at radius 1 is 1.44 bits per heavy atom. The molecule has 0 unspecified atom stereocenters. The molecule has 3 saturated heterocycles. The predicted molar refractivity (Wildman–Crippen MR) is 68.8 cm³/mol. The van der Waals surface area contributed by atoms with Crippen molar-refractivity contribution >= 4 is 12.0 Å². The molecule has 3 fully saturated rings. The molecule has 0 radical (unpaired) electrons. The van der Waals surface area contributed by atoms with Gasteiger partial charge in [0, 0.05) is 18.7 Å². The summed E-state index contributed by atoms with van der Waals surface area (Å²) in [4.78, 5) is 14.3. The third kappa shape index (κ3) is 2.48. The number of piperidine rings is 3. The van der Waals surface area contributed by atoms with Crippen LogP contribution in [0.2, 0.25) is 0 Å². The highest BCUT2D eigenvalue weighted by molar-refractivity contribution is 5.91. The molecular formula is C14H18N2O2. The number of nitrogens with zero attached hydrogens (tertiary/aromatic N) is 1. The summed E-state index contributed by atoms with van der Waals surface area (Å²) in [6, 6.07) is 3.96. The largest absolute Gasteiger partial charge is 0.465 e. The number of fused-ring (bicyclic) bond motifs is 3. The third-order valence-corrected chi connectivity index (χ3v) is 3.93. The molecule has 4 heteroatoms. The van der Waals surface area contributed by atoms with E-state index in [0.29, 0.717) is 17.7 Å². The molecule has 1 atom stereocenters. The van der Waals surface area contributed by atoms with Crippen molar-refractivity contribution < 1.29 is 9.21 Å². The van der Waals surface area contributed by atoms with E-state index in [1.165, 1.54) is 25.9 Å². The van der Waals surface area contributed by atoms with E-state index in [-0.39, 0.29) is 5.91 Å². The van der Waals surface area contributed by atoms with Crippen molar-refractivity contribution in [3.63, 3.8) is 0 Å². The van der Waals surface area contributed by atoms with Crippen molar-refractivity contribution in [2.24, 2.45) is 5.92 Å². The van der Waals surface area contributed by atoms with Gasteiger partial charge in [0.25, 0.3) is 0 Å². The van der Waals surface area contributed by atoms with E-state index < -0.39 is 0 Å². The zero-order valence-corrected chi connectivity index (χ0v) is 10.3. The van der Waals surface area contributed by atoms with Crippen LogP contribution in [-0.4, -0.2) is 36.5 Å². The Morgan fingerprint density at radius 3 is 2.89 bits per heavy atom. The van der Waals surface area contributed by atoms with Crippen molar-refractivity contribution in [2.45, 2.75) is 18.9 Å². The van der Waals surface area contributed by atoms with Gasteiger partial charge in [-0.05, 0) is 50.1 Å². The number of carbonyl (C=O) groups excluding carboxylic acids is 1. The Labute approximate surface area is 107 Å². The van der Waals surface area contributed by atoms with Crippen LogP contribution in [0.1, 0.15) is 18.6 Å². The fourth-order valence-electron chi connectivity index (χ4n) is 2.90. The first kappa shape index (κ1) is 11.5. The zero-order valence-electron chi connectivity index (χ0n) is 10.3. The van der Waals surface area contributed by atoms with Gasteiger partial charge >= 0.3 is 0 Å². The number of amides is 1. The number of rotatable bonds is 3. The molecule has 1 amide bonds. The Hall–Kier alpha value is -1.55. The number of carbonyl (C=O) groups is 1. The van der Waals surface area contributed by atoms with Gasteiger partial charge in [-0.1, -0.05) is 0 Å². The first-order valence-corrected chi connectivity index (χ1v) is 6.56. The molecule has 96 valence electrons. The smallest absolute Gasteiger partial charge is 0.244 e. The van der Waals surface area contributed by atoms with Crippen LogP contribution in [0.15, 0.2) is 28.9 Å². The second-order valence-electron chi connectivity index (χ2n) is 5.10. The maximum Gasteiger partial charge on any atom is 0.244 e. The lowest BCUT2D eigenvalue weighted by Gasteiger charge is -2.44. The maximum absolute atomic E-state index is 11.8. The highest BCUT2D eigenvalue weighted by Crippen LogP contribution is 2.27. The van der Waals surface area contributed by atoms with Crippen LogP contribution in [0, 0.1) is 5.92 Å². The van der Waals surface area contributed by atoms with Crippen LogP contribution in [-0.2, 0) is 4.79 Å². The van der Waals surface area contributed by atoms with Crippen molar-refractivity contribution in [1.82, 2.24) is 10.2 Å². The van der Waals surface area contributed by atoms with Gasteiger partial charge in [-0.3, -0.25) is 4.79 Å². The monoisotopic (exact) mass is 246 g/mol. The molecule has 4 heterocycles. The summed E-state index contributed by atoms with van der Waals surface area (Å²) in [6.07, 6.45) is 7.29. The highest BCUT2D eigenvalue weighted by Gasteiger charge is 2.34. The Morgan fingerprint density at radius 2 is 2.28 bits per heavy atom. The van der Waals surface area contributed by atoms with Gasteiger partial charge in [0.1, 0.15) is 5.76 Å². The van der Waals surface area contributed by atoms with E-state index in [4.69, 9.17) is 4.42 Å². The van der Waals surface area contributed by atoms with E-state index in [9.17, 15) is 4.79 Å². The molecule has 0 spiro atoms. The molecule has 4 nitrogen and oxygen atoms in total. The Kier molecular flexibility index (Phi) is 3.19. The number of nitrogens with one attached hydrogen (secondary N) is 1. The topological polar surface area (TPSA) is 45.5 Å². The van der Waals surface area contributed by atoms with Crippen LogP contribution in [0.5, 0.6) is 0 Å². The molecular weight excluding hydrogens is 228 g/mol. The van der Waals surface area contributed by atoms with Crippen LogP contribution in [0.3, 0.4) is 0 Å². The van der Waals surface area contributed by atoms with E-state index >= 15 is 0 Å². The van der Waals surface area contributed by atoms with Crippen molar-refractivity contribution in [3.05, 3.63) is 30.2 Å². The van der Waals surface area contributed by atoms with Gasteiger partial charge < -0.3 is 14.6 Å². The molecule has 1 aromatic rings. The van der Waals surface area contributed by atoms with Crippen LogP contribution < -0.4 is 5.32 Å². The minimum atomic E-state index is -0.0230. The summed E-state index contributed by atoms with van der Waals surface area (Å²) < 4.78 is 5.15. The van der Waals surface area contributed by atoms with Gasteiger partial charge in [-0.15, -0.1) is 0 Å². The van der Waals surface area contributed by atoms with Gasteiger partial charge in [0.05, 0.1) is 6.26 Å². The zero-order chi connectivity index (χ0) is 12.4. The molecule has 0 saturated carbocycles. The van der Waals surface area contributed by atoms with Gasteiger partial charge in [0.15, 0.2) is 0 Å². The van der Waals surface area contributed by atoms with E-state index in [1.54, 1.807) is 18.4 Å². The SMILES string of the molecule is O=C(C=Cc1ccco1)N[C@@H]1CN2CCC1CC2. The standard InChI is InChI=1S/C14H18N2O2/c17-14(4-3-12-2-1-9-18-12)15-13-10-16-7-5-11(13)6-8-16/h1-4,9,11,13H,5-8,10H2,(H,15,17)/t13-/m1/s1. The average Bonchev–Trinajstić information content (AvgIpc) is 2.91. The Balaban J connectivity index is 1.55. The molecule has 0 aliphatic carbocycles. The summed E-state index contributed by atoms with van der Waals surface area (Å²) in [6.45, 7) is 3.39. The van der Waals surface area contributed by atoms with Gasteiger partial charge in [0.2, 0.25) is 5.91 Å². The Bertz CT molecular complexity index is 431. The van der Waals surface area contributed by atoms with Crippen LogP contribution in [0.25, 0.3) is 6.08 Å². The van der Waals surface area contributed by atoms with Crippen molar-refractivity contribution in [1.29, 1.82) is 0 Å². The molecule has 3 aliphatic heterocycles. The maximum atomic E-state index is 11.8. The molecule has 3 aliphatic rings. The second-order valence-corrected chi connectivity index (χ2v) is 5.10. The molecule has 2 bridgehead atoms. The minimum absolute atomic E-state index is 0.0230. The first-order valence-electron chi connectivity index (χ1n) is 6.56. The number of furan rings is 1. The van der Waals surface area contributed by atoms with E-state index in [1.807, 2.05) is 12.1 Å². The summed E-state index contributed by atoms with van der Waals surface area (Å²) in [7, 11) is 0. The highest BCUT2D eigenvalue weighted by atomic mass is 16.3. The minimum Gasteiger partial charge on any atom is -0.465 e. The van der Waals surface area contributed by atoms with Crippen LogP contribution >= 0.6 is 0 Å². The molecule has 0 aromatic carbocycles. The molecule has 4 rings (SSSR count). The van der Waals surface area contributed by atoms with Crippen molar-refractivity contribution in [2.75, 3.05) is 19.6 Å². The lowest BCUT2D eigenvalue weighted by molar-refractivity contribution is -0.118. The molecule has 1 aromatic heterocycles. The lowest BCUT2D eigenvalue weighted by Crippen LogP contribution is -2.57. The number of hydrogen-bond donors (Lipinski definition) is 1. The van der Waals surface area contributed by atoms with Crippen LogP contribution in [0.4, 0.5) is 0 Å². The predicted octanol–water partition coefficient (Wildman–Crippen LogP) is 1.50. The molecule has 1 N–H and O–H groups in total.